The van der Waals surface area contributed by atoms with Gasteiger partial charge in [-0.15, -0.1) is 0 Å². The number of piperidine rings is 1. The fourth-order valence-corrected chi connectivity index (χ4v) is 9.28. The second kappa shape index (κ2) is 15.6. The lowest BCUT2D eigenvalue weighted by Crippen LogP contribution is -2.56. The molecule has 57 heavy (non-hydrogen) atoms. The summed E-state index contributed by atoms with van der Waals surface area (Å²) in [7, 11) is -4.63. The van der Waals surface area contributed by atoms with Crippen LogP contribution in [0.3, 0.4) is 0 Å². The van der Waals surface area contributed by atoms with Gasteiger partial charge in [-0.2, -0.15) is 26.3 Å². The molecule has 0 bridgehead atoms. The Morgan fingerprint density at radius 1 is 0.737 bits per heavy atom. The molecule has 1 N–H and O–H groups in total. The molecule has 2 saturated heterocycles. The molecule has 0 spiro atoms. The maximum Gasteiger partial charge on any atom is 0.430 e. The Bertz CT molecular complexity index is 2160. The van der Waals surface area contributed by atoms with E-state index >= 15 is 0 Å². The van der Waals surface area contributed by atoms with E-state index in [0.717, 1.165) is 18.2 Å². The molecule has 0 aromatic heterocycles. The lowest BCUT2D eigenvalue weighted by molar-refractivity contribution is -0.392. The number of carboxylic acids is 1. The fraction of sp³-hybridized carbons (Fsp3) is 0.333. The first-order valence-corrected chi connectivity index (χ1v) is 18.9. The van der Waals surface area contributed by atoms with Crippen molar-refractivity contribution in [2.24, 2.45) is 5.92 Å². The number of benzene rings is 4. The molecule has 304 valence electrons. The Morgan fingerprint density at radius 2 is 1.30 bits per heavy atom. The zero-order chi connectivity index (χ0) is 41.4. The number of carbonyl (C=O) groups excluding carboxylic acids is 1. The summed E-state index contributed by atoms with van der Waals surface area (Å²) in [6.07, 6.45) is -12.5. The number of urea groups is 1. The van der Waals surface area contributed by atoms with E-state index in [0.29, 0.717) is 30.0 Å². The number of carbonyl (C=O) groups is 2. The summed E-state index contributed by atoms with van der Waals surface area (Å²) in [6, 6.07) is 17.5. The van der Waals surface area contributed by atoms with Crippen molar-refractivity contribution in [2.75, 3.05) is 26.2 Å². The average molecular weight is 827 g/mol. The van der Waals surface area contributed by atoms with Crippen molar-refractivity contribution in [2.45, 2.75) is 53.5 Å². The zero-order valence-electron chi connectivity index (χ0n) is 29.7. The van der Waals surface area contributed by atoms with Crippen LogP contribution in [0, 0.1) is 17.6 Å². The number of carboxylic acid groups (broad SMARTS) is 1. The number of amides is 2. The number of halogens is 8. The van der Waals surface area contributed by atoms with Crippen LogP contribution in [0.25, 0.3) is 0 Å². The zero-order valence-corrected chi connectivity index (χ0v) is 30.5. The minimum atomic E-state index is -6.24. The van der Waals surface area contributed by atoms with Crippen LogP contribution in [0.15, 0.2) is 102 Å². The molecule has 2 aliphatic rings. The molecule has 0 saturated carbocycles. The highest BCUT2D eigenvalue weighted by Gasteiger charge is 2.73. The standard InChI is InChI=1S/C39H34F8N2O7S/c40-32-7-4-8-33(41)31(32)23-55-37(38(42,43)44,39(45,46)47)27-11-9-26(10-12-27)36(19-22-49(24-36)35(52)48-20-17-25(18-21-48)34(50)51)57(53,54)30-15-13-29(14-16-30)56-28-5-2-1-3-6-28/h1-16,25H,17-24H2,(H,50,51). The minimum Gasteiger partial charge on any atom is -0.481 e. The third-order valence-electron chi connectivity index (χ3n) is 10.4. The second-order valence-corrected chi connectivity index (χ2v) is 15.9. The van der Waals surface area contributed by atoms with E-state index in [4.69, 9.17) is 4.74 Å². The first-order valence-electron chi connectivity index (χ1n) is 17.5. The third kappa shape index (κ3) is 7.76. The van der Waals surface area contributed by atoms with Gasteiger partial charge in [0.15, 0.2) is 9.84 Å². The molecule has 1 atom stereocenters. The Kier molecular flexibility index (Phi) is 11.3. The number of alkyl halides is 6. The molecular weight excluding hydrogens is 792 g/mol. The summed E-state index contributed by atoms with van der Waals surface area (Å²) in [4.78, 5) is 27.4. The summed E-state index contributed by atoms with van der Waals surface area (Å²) in [6.45, 7) is -2.43. The summed E-state index contributed by atoms with van der Waals surface area (Å²) in [5.74, 6) is -3.91. The molecule has 9 nitrogen and oxygen atoms in total. The number of para-hydroxylation sites is 1. The van der Waals surface area contributed by atoms with Gasteiger partial charge in [-0.1, -0.05) is 48.5 Å². The van der Waals surface area contributed by atoms with E-state index in [9.17, 15) is 58.2 Å². The predicted octanol–water partition coefficient (Wildman–Crippen LogP) is 8.59. The van der Waals surface area contributed by atoms with Gasteiger partial charge in [-0.05, 0) is 73.4 Å². The number of nitrogens with zero attached hydrogens (tertiary/aromatic N) is 2. The van der Waals surface area contributed by atoms with E-state index in [1.165, 1.54) is 34.1 Å². The van der Waals surface area contributed by atoms with Crippen molar-refractivity contribution < 1.29 is 67.7 Å². The Balaban J connectivity index is 1.39. The molecular formula is C39H34F8N2O7S. The molecule has 4 aromatic rings. The van der Waals surface area contributed by atoms with Gasteiger partial charge in [-0.25, -0.2) is 22.0 Å². The van der Waals surface area contributed by atoms with Crippen LogP contribution in [0.2, 0.25) is 0 Å². The van der Waals surface area contributed by atoms with Gasteiger partial charge in [0.05, 0.1) is 17.4 Å². The van der Waals surface area contributed by atoms with Crippen molar-refractivity contribution in [1.82, 2.24) is 9.80 Å². The van der Waals surface area contributed by atoms with E-state index in [1.54, 1.807) is 30.3 Å². The molecule has 2 fully saturated rings. The molecule has 0 aliphatic carbocycles. The summed E-state index contributed by atoms with van der Waals surface area (Å²) in [5.41, 5.74) is -8.10. The van der Waals surface area contributed by atoms with Crippen LogP contribution in [-0.2, 0) is 36.3 Å². The van der Waals surface area contributed by atoms with Crippen molar-refractivity contribution in [3.8, 4) is 11.5 Å². The van der Waals surface area contributed by atoms with E-state index in [-0.39, 0.29) is 55.1 Å². The predicted molar refractivity (Wildman–Crippen MR) is 187 cm³/mol. The highest BCUT2D eigenvalue weighted by molar-refractivity contribution is 7.92. The number of ether oxygens (including phenoxy) is 2. The minimum absolute atomic E-state index is 0.0529. The summed E-state index contributed by atoms with van der Waals surface area (Å²) in [5, 5.41) is 9.37. The van der Waals surface area contributed by atoms with Crippen LogP contribution in [0.5, 0.6) is 11.5 Å². The van der Waals surface area contributed by atoms with Crippen LogP contribution in [0.1, 0.15) is 36.0 Å². The first kappa shape index (κ1) is 41.4. The molecule has 18 heteroatoms. The Hall–Kier alpha value is -5.23. The molecule has 2 amide bonds. The fourth-order valence-electron chi connectivity index (χ4n) is 7.20. The van der Waals surface area contributed by atoms with Gasteiger partial charge in [0.1, 0.15) is 27.9 Å². The summed E-state index contributed by atoms with van der Waals surface area (Å²) < 4.78 is 154. The molecule has 2 aliphatic heterocycles. The number of sulfone groups is 1. The van der Waals surface area contributed by atoms with Crippen LogP contribution in [-0.4, -0.2) is 73.9 Å². The van der Waals surface area contributed by atoms with Gasteiger partial charge in [0.25, 0.3) is 5.60 Å². The molecule has 4 aromatic carbocycles. The lowest BCUT2D eigenvalue weighted by atomic mass is 9.88. The van der Waals surface area contributed by atoms with Crippen molar-refractivity contribution in [3.05, 3.63) is 125 Å². The maximum absolute atomic E-state index is 14.7. The van der Waals surface area contributed by atoms with Gasteiger partial charge < -0.3 is 24.4 Å². The van der Waals surface area contributed by atoms with Gasteiger partial charge in [0.2, 0.25) is 0 Å². The SMILES string of the molecule is O=C(O)C1CCN(C(=O)N2CCC(c3ccc(C(OCc4c(F)cccc4F)(C(F)(F)F)C(F)(F)F)cc3)(S(=O)(=O)c3ccc(Oc4ccccc4)cc3)C2)CC1. The smallest absolute Gasteiger partial charge is 0.430 e. The molecule has 0 radical (unpaired) electrons. The number of rotatable bonds is 10. The second-order valence-electron chi connectivity index (χ2n) is 13.7. The number of hydrogen-bond acceptors (Lipinski definition) is 6. The topological polar surface area (TPSA) is 113 Å². The monoisotopic (exact) mass is 826 g/mol. The Morgan fingerprint density at radius 3 is 1.84 bits per heavy atom. The highest BCUT2D eigenvalue weighted by Crippen LogP contribution is 2.54. The van der Waals surface area contributed by atoms with Crippen molar-refractivity contribution in [3.63, 3.8) is 0 Å². The number of hydrogen-bond donors (Lipinski definition) is 1. The molecule has 1 unspecified atom stereocenters. The van der Waals surface area contributed by atoms with E-state index < -0.39 is 86.4 Å². The van der Waals surface area contributed by atoms with Crippen LogP contribution >= 0.6 is 0 Å². The van der Waals surface area contributed by atoms with Crippen molar-refractivity contribution >= 4 is 21.8 Å². The van der Waals surface area contributed by atoms with Crippen LogP contribution in [0.4, 0.5) is 39.9 Å². The quantitative estimate of drug-likeness (QED) is 0.160. The highest BCUT2D eigenvalue weighted by atomic mass is 32.2. The van der Waals surface area contributed by atoms with Crippen molar-refractivity contribution in [1.29, 1.82) is 0 Å². The van der Waals surface area contributed by atoms with Gasteiger partial charge >= 0.3 is 24.4 Å². The molecule has 6 rings (SSSR count). The normalized spacial score (nSPS) is 18.5. The lowest BCUT2D eigenvalue weighted by Gasteiger charge is -2.38. The number of likely N-dealkylation sites (tertiary alicyclic amines) is 2. The van der Waals surface area contributed by atoms with Crippen LogP contribution < -0.4 is 4.74 Å². The summed E-state index contributed by atoms with van der Waals surface area (Å²) >= 11 is 0. The third-order valence-corrected chi connectivity index (χ3v) is 12.8. The molecule has 2 heterocycles. The Labute approximate surface area is 321 Å². The maximum atomic E-state index is 14.7. The first-order chi connectivity index (χ1) is 26.8. The van der Waals surface area contributed by atoms with Gasteiger partial charge in [0, 0.05) is 37.3 Å². The van der Waals surface area contributed by atoms with Gasteiger partial charge in [-0.3, -0.25) is 4.79 Å². The average Bonchev–Trinajstić information content (AvgIpc) is 3.63. The van der Waals surface area contributed by atoms with E-state index in [2.05, 4.69) is 4.74 Å². The van der Waals surface area contributed by atoms with E-state index in [1.807, 2.05) is 0 Å². The number of aliphatic carboxylic acids is 1. The largest absolute Gasteiger partial charge is 0.481 e.